The standard InChI is InChI=1S/C22H26N2O5/c1-5-29-20(25)14-19(16-7-6-8-18(13-16)24(27)28)23-21(26)15-9-11-17(12-10-15)22(2,3)4/h6-13,19H,5,14H2,1-4H3,(H,23,26)/t19-/m0/s1. The number of rotatable bonds is 7. The zero-order chi connectivity index (χ0) is 21.6. The van der Waals surface area contributed by atoms with E-state index in [1.54, 1.807) is 25.1 Å². The summed E-state index contributed by atoms with van der Waals surface area (Å²) in [5, 5.41) is 13.9. The number of nitrogens with one attached hydrogen (secondary N) is 1. The maximum Gasteiger partial charge on any atom is 0.308 e. The Morgan fingerprint density at radius 3 is 2.34 bits per heavy atom. The number of ether oxygens (including phenoxy) is 1. The maximum absolute atomic E-state index is 12.8. The first kappa shape index (κ1) is 22.1. The van der Waals surface area contributed by atoms with E-state index in [1.807, 2.05) is 12.1 Å². The van der Waals surface area contributed by atoms with Crippen LogP contribution in [0.2, 0.25) is 0 Å². The summed E-state index contributed by atoms with van der Waals surface area (Å²) >= 11 is 0. The molecule has 0 saturated heterocycles. The molecule has 29 heavy (non-hydrogen) atoms. The fraction of sp³-hybridized carbons (Fsp3) is 0.364. The van der Waals surface area contributed by atoms with Crippen molar-refractivity contribution < 1.29 is 19.2 Å². The molecule has 2 aromatic carbocycles. The number of carbonyl (C=O) groups excluding carboxylic acids is 2. The Morgan fingerprint density at radius 2 is 1.79 bits per heavy atom. The predicted molar refractivity (Wildman–Crippen MR) is 110 cm³/mol. The molecule has 2 aromatic rings. The lowest BCUT2D eigenvalue weighted by molar-refractivity contribution is -0.384. The Morgan fingerprint density at radius 1 is 1.14 bits per heavy atom. The lowest BCUT2D eigenvalue weighted by Gasteiger charge is -2.20. The van der Waals surface area contributed by atoms with Crippen LogP contribution in [0.25, 0.3) is 0 Å². The van der Waals surface area contributed by atoms with Gasteiger partial charge in [-0.2, -0.15) is 0 Å². The van der Waals surface area contributed by atoms with Crippen LogP contribution in [0.4, 0.5) is 5.69 Å². The van der Waals surface area contributed by atoms with Crippen molar-refractivity contribution in [2.45, 2.75) is 45.6 Å². The van der Waals surface area contributed by atoms with E-state index in [9.17, 15) is 19.7 Å². The Balaban J connectivity index is 2.27. The third-order valence-corrected chi connectivity index (χ3v) is 4.48. The summed E-state index contributed by atoms with van der Waals surface area (Å²) in [5.74, 6) is -0.862. The molecule has 154 valence electrons. The number of nitro benzene ring substituents is 1. The van der Waals surface area contributed by atoms with Gasteiger partial charge in [0.2, 0.25) is 0 Å². The Labute approximate surface area is 170 Å². The molecule has 0 heterocycles. The van der Waals surface area contributed by atoms with Crippen molar-refractivity contribution in [3.05, 3.63) is 75.3 Å². The summed E-state index contributed by atoms with van der Waals surface area (Å²) in [4.78, 5) is 35.3. The highest BCUT2D eigenvalue weighted by atomic mass is 16.6. The summed E-state index contributed by atoms with van der Waals surface area (Å²) in [6.45, 7) is 8.15. The number of carbonyl (C=O) groups is 2. The van der Waals surface area contributed by atoms with Crippen LogP contribution in [-0.2, 0) is 14.9 Å². The Kier molecular flexibility index (Phi) is 7.09. The molecule has 0 unspecified atom stereocenters. The molecule has 0 aliphatic heterocycles. The van der Waals surface area contributed by atoms with E-state index in [4.69, 9.17) is 4.74 Å². The first-order valence-corrected chi connectivity index (χ1v) is 9.43. The smallest absolute Gasteiger partial charge is 0.308 e. The molecule has 1 N–H and O–H groups in total. The lowest BCUT2D eigenvalue weighted by atomic mass is 9.86. The molecule has 0 spiro atoms. The molecule has 0 aliphatic rings. The van der Waals surface area contributed by atoms with E-state index in [1.165, 1.54) is 18.2 Å². The molecule has 0 saturated carbocycles. The minimum atomic E-state index is -0.747. The number of non-ortho nitro benzene ring substituents is 1. The van der Waals surface area contributed by atoms with Crippen LogP contribution in [0.5, 0.6) is 0 Å². The number of hydrogen-bond donors (Lipinski definition) is 1. The monoisotopic (exact) mass is 398 g/mol. The van der Waals surface area contributed by atoms with Gasteiger partial charge >= 0.3 is 5.97 Å². The molecule has 1 atom stereocenters. The third-order valence-electron chi connectivity index (χ3n) is 4.48. The largest absolute Gasteiger partial charge is 0.466 e. The summed E-state index contributed by atoms with van der Waals surface area (Å²) < 4.78 is 4.99. The summed E-state index contributed by atoms with van der Waals surface area (Å²) in [6, 6.07) is 12.4. The zero-order valence-corrected chi connectivity index (χ0v) is 17.1. The van der Waals surface area contributed by atoms with E-state index in [0.717, 1.165) is 5.56 Å². The van der Waals surface area contributed by atoms with Crippen LogP contribution in [-0.4, -0.2) is 23.4 Å². The molecule has 1 amide bonds. The van der Waals surface area contributed by atoms with Gasteiger partial charge in [-0.05, 0) is 35.6 Å². The lowest BCUT2D eigenvalue weighted by Crippen LogP contribution is -2.30. The average Bonchev–Trinajstić information content (AvgIpc) is 2.67. The van der Waals surface area contributed by atoms with Gasteiger partial charge in [-0.15, -0.1) is 0 Å². The van der Waals surface area contributed by atoms with Gasteiger partial charge in [0.1, 0.15) is 0 Å². The SMILES string of the molecule is CCOC(=O)C[C@H](NC(=O)c1ccc(C(C)(C)C)cc1)c1cccc([N+](=O)[O-])c1. The highest BCUT2D eigenvalue weighted by molar-refractivity contribution is 5.94. The minimum Gasteiger partial charge on any atom is -0.466 e. The van der Waals surface area contributed by atoms with Crippen LogP contribution in [0.15, 0.2) is 48.5 Å². The molecule has 0 aliphatic carbocycles. The fourth-order valence-electron chi connectivity index (χ4n) is 2.86. The van der Waals surface area contributed by atoms with Gasteiger partial charge in [-0.25, -0.2) is 0 Å². The zero-order valence-electron chi connectivity index (χ0n) is 17.1. The minimum absolute atomic E-state index is 0.0373. The third kappa shape index (κ3) is 6.14. The van der Waals surface area contributed by atoms with E-state index in [2.05, 4.69) is 26.1 Å². The Bertz CT molecular complexity index is 885. The summed E-state index contributed by atoms with van der Waals surface area (Å²) in [7, 11) is 0. The number of amides is 1. The maximum atomic E-state index is 12.8. The molecular formula is C22H26N2O5. The number of hydrogen-bond acceptors (Lipinski definition) is 5. The van der Waals surface area contributed by atoms with Crippen molar-refractivity contribution in [1.29, 1.82) is 0 Å². The van der Waals surface area contributed by atoms with Crippen molar-refractivity contribution >= 4 is 17.6 Å². The number of nitrogens with zero attached hydrogens (tertiary/aromatic N) is 1. The van der Waals surface area contributed by atoms with Crippen LogP contribution in [0, 0.1) is 10.1 Å². The van der Waals surface area contributed by atoms with Crippen molar-refractivity contribution in [2.75, 3.05) is 6.61 Å². The summed E-state index contributed by atoms with van der Waals surface area (Å²) in [6.07, 6.45) is -0.124. The molecule has 0 radical (unpaired) electrons. The van der Waals surface area contributed by atoms with Crippen LogP contribution >= 0.6 is 0 Å². The average molecular weight is 398 g/mol. The second-order valence-electron chi connectivity index (χ2n) is 7.71. The van der Waals surface area contributed by atoms with Gasteiger partial charge in [-0.3, -0.25) is 19.7 Å². The van der Waals surface area contributed by atoms with Crippen LogP contribution in [0.1, 0.15) is 61.6 Å². The molecule has 0 aromatic heterocycles. The molecular weight excluding hydrogens is 372 g/mol. The van der Waals surface area contributed by atoms with E-state index < -0.39 is 16.9 Å². The second kappa shape index (κ2) is 9.32. The first-order chi connectivity index (χ1) is 13.6. The normalized spacial score (nSPS) is 12.1. The van der Waals surface area contributed by atoms with Crippen molar-refractivity contribution in [1.82, 2.24) is 5.32 Å². The van der Waals surface area contributed by atoms with E-state index in [-0.39, 0.29) is 30.0 Å². The second-order valence-corrected chi connectivity index (χ2v) is 7.71. The fourth-order valence-corrected chi connectivity index (χ4v) is 2.86. The van der Waals surface area contributed by atoms with Crippen LogP contribution < -0.4 is 5.32 Å². The Hall–Kier alpha value is -3.22. The molecule has 0 bridgehead atoms. The topological polar surface area (TPSA) is 98.5 Å². The van der Waals surface area contributed by atoms with E-state index >= 15 is 0 Å². The van der Waals surface area contributed by atoms with Gasteiger partial charge in [0.25, 0.3) is 11.6 Å². The van der Waals surface area contributed by atoms with Gasteiger partial charge in [0.15, 0.2) is 0 Å². The van der Waals surface area contributed by atoms with E-state index in [0.29, 0.717) is 11.1 Å². The number of esters is 1. The molecule has 0 fully saturated rings. The highest BCUT2D eigenvalue weighted by Crippen LogP contribution is 2.24. The number of nitro groups is 1. The quantitative estimate of drug-likeness (QED) is 0.425. The van der Waals surface area contributed by atoms with Gasteiger partial charge < -0.3 is 10.1 Å². The highest BCUT2D eigenvalue weighted by Gasteiger charge is 2.22. The van der Waals surface area contributed by atoms with Crippen molar-refractivity contribution in [2.24, 2.45) is 0 Å². The molecule has 7 nitrogen and oxygen atoms in total. The van der Waals surface area contributed by atoms with Gasteiger partial charge in [0.05, 0.1) is 24.0 Å². The molecule has 2 rings (SSSR count). The van der Waals surface area contributed by atoms with Crippen molar-refractivity contribution in [3.63, 3.8) is 0 Å². The summed E-state index contributed by atoms with van der Waals surface area (Å²) in [5.41, 5.74) is 1.85. The predicted octanol–water partition coefficient (Wildman–Crippen LogP) is 4.32. The van der Waals surface area contributed by atoms with Crippen LogP contribution in [0.3, 0.4) is 0 Å². The first-order valence-electron chi connectivity index (χ1n) is 9.43. The van der Waals surface area contributed by atoms with Crippen molar-refractivity contribution in [3.8, 4) is 0 Å². The van der Waals surface area contributed by atoms with Gasteiger partial charge in [0, 0.05) is 17.7 Å². The van der Waals surface area contributed by atoms with Gasteiger partial charge in [-0.1, -0.05) is 45.0 Å². The molecule has 7 heteroatoms. The number of benzene rings is 2.